The van der Waals surface area contributed by atoms with E-state index in [0.29, 0.717) is 6.42 Å². The van der Waals surface area contributed by atoms with Crippen LogP contribution in [0.5, 0.6) is 0 Å². The first-order chi connectivity index (χ1) is 4.71. The normalized spacial score (nSPS) is 35.7. The Labute approximate surface area is 59.4 Å². The van der Waals surface area contributed by atoms with Crippen LogP contribution >= 0.6 is 0 Å². The van der Waals surface area contributed by atoms with Gasteiger partial charge >= 0.3 is 0 Å². The molecular formula is C7H11NO2. The zero-order chi connectivity index (χ0) is 7.19. The van der Waals surface area contributed by atoms with Gasteiger partial charge in [0.2, 0.25) is 5.91 Å². The van der Waals surface area contributed by atoms with Crippen molar-refractivity contribution in [3.63, 3.8) is 0 Å². The maximum absolute atomic E-state index is 10.7. The van der Waals surface area contributed by atoms with Crippen molar-refractivity contribution in [2.24, 2.45) is 0 Å². The molecule has 0 aromatic rings. The van der Waals surface area contributed by atoms with Crippen LogP contribution in [0, 0.1) is 0 Å². The highest BCUT2D eigenvalue weighted by Gasteiger charge is 2.49. The lowest BCUT2D eigenvalue weighted by Crippen LogP contribution is -2.38. The Bertz CT molecular complexity index is 174. The van der Waals surface area contributed by atoms with Gasteiger partial charge in [-0.25, -0.2) is 0 Å². The molecule has 1 saturated heterocycles. The van der Waals surface area contributed by atoms with Gasteiger partial charge in [0.05, 0.1) is 11.6 Å². The van der Waals surface area contributed by atoms with E-state index in [9.17, 15) is 9.90 Å². The Kier molecular flexibility index (Phi) is 1.06. The van der Waals surface area contributed by atoms with E-state index in [1.165, 1.54) is 0 Å². The van der Waals surface area contributed by atoms with E-state index in [0.717, 1.165) is 19.3 Å². The first-order valence-electron chi connectivity index (χ1n) is 3.72. The van der Waals surface area contributed by atoms with Crippen LogP contribution in [0.2, 0.25) is 0 Å². The molecule has 2 aliphatic rings. The largest absolute Gasteiger partial charge is 0.388 e. The summed E-state index contributed by atoms with van der Waals surface area (Å²) >= 11 is 0. The Hall–Kier alpha value is -0.570. The van der Waals surface area contributed by atoms with Crippen LogP contribution in [0.15, 0.2) is 0 Å². The highest BCUT2D eigenvalue weighted by Crippen LogP contribution is 2.41. The van der Waals surface area contributed by atoms with Gasteiger partial charge in [0.15, 0.2) is 0 Å². The van der Waals surface area contributed by atoms with Crippen molar-refractivity contribution in [2.75, 3.05) is 0 Å². The highest BCUT2D eigenvalue weighted by molar-refractivity contribution is 5.78. The quantitative estimate of drug-likeness (QED) is 0.531. The number of carbonyl (C=O) groups excluding carboxylic acids is 1. The summed E-state index contributed by atoms with van der Waals surface area (Å²) < 4.78 is 0. The third kappa shape index (κ3) is 0.814. The summed E-state index contributed by atoms with van der Waals surface area (Å²) in [6.07, 6.45) is 3.12. The number of carbonyl (C=O) groups is 1. The van der Waals surface area contributed by atoms with Crippen molar-refractivity contribution in [3.05, 3.63) is 0 Å². The fourth-order valence-electron chi connectivity index (χ4n) is 1.49. The van der Waals surface area contributed by atoms with E-state index >= 15 is 0 Å². The maximum Gasteiger partial charge on any atom is 0.220 e. The lowest BCUT2D eigenvalue weighted by molar-refractivity contribution is -0.119. The molecule has 3 nitrogen and oxygen atoms in total. The first kappa shape index (κ1) is 6.16. The number of rotatable bonds is 1. The molecule has 1 unspecified atom stereocenters. The van der Waals surface area contributed by atoms with Gasteiger partial charge in [-0.1, -0.05) is 0 Å². The molecular weight excluding hydrogens is 130 g/mol. The minimum Gasteiger partial charge on any atom is -0.388 e. The molecule has 1 heterocycles. The lowest BCUT2D eigenvalue weighted by atomic mass is 10.1. The Balaban J connectivity index is 2.01. The van der Waals surface area contributed by atoms with Crippen LogP contribution in [0.4, 0.5) is 0 Å². The zero-order valence-electron chi connectivity index (χ0n) is 5.76. The van der Waals surface area contributed by atoms with Crippen molar-refractivity contribution in [2.45, 2.75) is 37.3 Å². The highest BCUT2D eigenvalue weighted by atomic mass is 16.3. The molecule has 3 heteroatoms. The number of nitrogens with one attached hydrogen (secondary N) is 1. The standard InChI is InChI=1S/C7H11NO2/c9-6-2-1-5(8-6)7(10)3-4-7/h5,10H,1-4H2,(H,8,9). The SMILES string of the molecule is O=C1CCC(C2(O)CC2)N1. The molecule has 0 radical (unpaired) electrons. The molecule has 2 fully saturated rings. The minimum atomic E-state index is -0.522. The van der Waals surface area contributed by atoms with Gasteiger partial charge in [0.1, 0.15) is 0 Å². The molecule has 0 aromatic heterocycles. The predicted octanol–water partition coefficient (Wildman–Crippen LogP) is -0.210. The van der Waals surface area contributed by atoms with Crippen molar-refractivity contribution >= 4 is 5.91 Å². The number of amides is 1. The van der Waals surface area contributed by atoms with Crippen LogP contribution in [-0.4, -0.2) is 22.7 Å². The Morgan fingerprint density at radius 3 is 2.70 bits per heavy atom. The van der Waals surface area contributed by atoms with Gasteiger partial charge in [-0.3, -0.25) is 4.79 Å². The van der Waals surface area contributed by atoms with Gasteiger partial charge < -0.3 is 10.4 Å². The molecule has 2 rings (SSSR count). The van der Waals surface area contributed by atoms with Crippen molar-refractivity contribution in [1.29, 1.82) is 0 Å². The molecule has 56 valence electrons. The van der Waals surface area contributed by atoms with Crippen LogP contribution in [-0.2, 0) is 4.79 Å². The van der Waals surface area contributed by atoms with Crippen LogP contribution < -0.4 is 5.32 Å². The van der Waals surface area contributed by atoms with Gasteiger partial charge in [-0.2, -0.15) is 0 Å². The van der Waals surface area contributed by atoms with Crippen LogP contribution in [0.25, 0.3) is 0 Å². The summed E-state index contributed by atoms with van der Waals surface area (Å²) in [4.78, 5) is 10.7. The molecule has 2 N–H and O–H groups in total. The molecule has 1 saturated carbocycles. The molecule has 0 spiro atoms. The summed E-state index contributed by atoms with van der Waals surface area (Å²) in [6.45, 7) is 0. The fourth-order valence-corrected chi connectivity index (χ4v) is 1.49. The maximum atomic E-state index is 10.7. The average Bonchev–Trinajstić information content (AvgIpc) is 2.45. The van der Waals surface area contributed by atoms with Gasteiger partial charge in [0, 0.05) is 6.42 Å². The third-order valence-electron chi connectivity index (χ3n) is 2.41. The first-order valence-corrected chi connectivity index (χ1v) is 3.72. The van der Waals surface area contributed by atoms with E-state index in [4.69, 9.17) is 0 Å². The van der Waals surface area contributed by atoms with Crippen molar-refractivity contribution in [1.82, 2.24) is 5.32 Å². The van der Waals surface area contributed by atoms with Gasteiger partial charge in [0.25, 0.3) is 0 Å². The summed E-state index contributed by atoms with van der Waals surface area (Å²) in [6, 6.07) is 0.0556. The minimum absolute atomic E-state index is 0.0556. The lowest BCUT2D eigenvalue weighted by Gasteiger charge is -2.15. The Morgan fingerprint density at radius 2 is 2.30 bits per heavy atom. The molecule has 10 heavy (non-hydrogen) atoms. The molecule has 0 aromatic carbocycles. The van der Waals surface area contributed by atoms with E-state index in [-0.39, 0.29) is 11.9 Å². The second-order valence-corrected chi connectivity index (χ2v) is 3.26. The summed E-state index contributed by atoms with van der Waals surface area (Å²) in [5.41, 5.74) is -0.522. The van der Waals surface area contributed by atoms with Crippen molar-refractivity contribution < 1.29 is 9.90 Å². The monoisotopic (exact) mass is 141 g/mol. The van der Waals surface area contributed by atoms with E-state index in [1.807, 2.05) is 0 Å². The van der Waals surface area contributed by atoms with Crippen molar-refractivity contribution in [3.8, 4) is 0 Å². The number of aliphatic hydroxyl groups is 1. The predicted molar refractivity (Wildman–Crippen MR) is 35.3 cm³/mol. The zero-order valence-corrected chi connectivity index (χ0v) is 5.76. The van der Waals surface area contributed by atoms with Gasteiger partial charge in [-0.15, -0.1) is 0 Å². The number of hydrogen-bond donors (Lipinski definition) is 2. The molecule has 1 aliphatic carbocycles. The molecule has 1 amide bonds. The summed E-state index contributed by atoms with van der Waals surface area (Å²) in [5.74, 6) is 0.0883. The van der Waals surface area contributed by atoms with E-state index in [1.54, 1.807) is 0 Å². The number of hydrogen-bond acceptors (Lipinski definition) is 2. The summed E-state index contributed by atoms with van der Waals surface area (Å²) in [7, 11) is 0. The fraction of sp³-hybridized carbons (Fsp3) is 0.857. The average molecular weight is 141 g/mol. The second kappa shape index (κ2) is 1.72. The third-order valence-corrected chi connectivity index (χ3v) is 2.41. The van der Waals surface area contributed by atoms with E-state index in [2.05, 4.69) is 5.32 Å². The smallest absolute Gasteiger partial charge is 0.220 e. The molecule has 0 bridgehead atoms. The Morgan fingerprint density at radius 1 is 1.60 bits per heavy atom. The topological polar surface area (TPSA) is 49.3 Å². The molecule has 1 atom stereocenters. The molecule has 1 aliphatic heterocycles. The van der Waals surface area contributed by atoms with E-state index < -0.39 is 5.60 Å². The van der Waals surface area contributed by atoms with Gasteiger partial charge in [-0.05, 0) is 19.3 Å². The van der Waals surface area contributed by atoms with Crippen LogP contribution in [0.1, 0.15) is 25.7 Å². The summed E-state index contributed by atoms with van der Waals surface area (Å²) in [5, 5.41) is 12.3. The second-order valence-electron chi connectivity index (χ2n) is 3.26. The van der Waals surface area contributed by atoms with Crippen LogP contribution in [0.3, 0.4) is 0 Å².